The summed E-state index contributed by atoms with van der Waals surface area (Å²) in [4.78, 5) is 13.6. The molecule has 4 heteroatoms. The normalized spacial score (nSPS) is 21.3. The van der Waals surface area contributed by atoms with Crippen LogP contribution in [0.3, 0.4) is 0 Å². The Morgan fingerprint density at radius 2 is 2.18 bits per heavy atom. The van der Waals surface area contributed by atoms with Crippen molar-refractivity contribution in [1.29, 1.82) is 0 Å². The van der Waals surface area contributed by atoms with Gasteiger partial charge in [0.15, 0.2) is 6.10 Å². The van der Waals surface area contributed by atoms with Gasteiger partial charge in [0.25, 0.3) is 5.91 Å². The zero-order chi connectivity index (χ0) is 12.3. The van der Waals surface area contributed by atoms with Gasteiger partial charge >= 0.3 is 0 Å². The summed E-state index contributed by atoms with van der Waals surface area (Å²) in [6, 6.07) is 9.28. The van der Waals surface area contributed by atoms with Crippen LogP contribution in [-0.2, 0) is 4.79 Å². The highest BCUT2D eigenvalue weighted by Gasteiger charge is 2.28. The number of para-hydroxylation sites is 1. The number of aliphatic hydroxyl groups excluding tert-OH is 1. The van der Waals surface area contributed by atoms with Gasteiger partial charge in [-0.05, 0) is 25.5 Å². The molecule has 0 spiro atoms. The largest absolute Gasteiger partial charge is 0.481 e. The summed E-state index contributed by atoms with van der Waals surface area (Å²) in [5, 5.41) is 9.39. The van der Waals surface area contributed by atoms with E-state index in [0.29, 0.717) is 25.3 Å². The molecule has 1 aromatic carbocycles. The van der Waals surface area contributed by atoms with E-state index in [4.69, 9.17) is 4.74 Å². The quantitative estimate of drug-likeness (QED) is 0.852. The smallest absolute Gasteiger partial charge is 0.263 e. The third-order valence-corrected chi connectivity index (χ3v) is 2.88. The highest BCUT2D eigenvalue weighted by molar-refractivity contribution is 5.81. The Morgan fingerprint density at radius 3 is 2.76 bits per heavy atom. The number of nitrogens with zero attached hydrogens (tertiary/aromatic N) is 1. The molecule has 0 radical (unpaired) electrons. The van der Waals surface area contributed by atoms with Crippen LogP contribution in [0.4, 0.5) is 0 Å². The molecule has 17 heavy (non-hydrogen) atoms. The lowest BCUT2D eigenvalue weighted by molar-refractivity contribution is -0.137. The molecule has 2 rings (SSSR count). The van der Waals surface area contributed by atoms with Crippen LogP contribution in [-0.4, -0.2) is 41.2 Å². The average Bonchev–Trinajstić information content (AvgIpc) is 2.76. The number of ether oxygens (including phenoxy) is 1. The summed E-state index contributed by atoms with van der Waals surface area (Å²) < 4.78 is 5.55. The standard InChI is InChI=1S/C13H17NO3/c1-10(17-12-5-3-2-4-6-12)13(16)14-8-7-11(15)9-14/h2-6,10-11,15H,7-9H2,1H3. The lowest BCUT2D eigenvalue weighted by atomic mass is 10.3. The van der Waals surface area contributed by atoms with Crippen LogP contribution in [0.2, 0.25) is 0 Å². The zero-order valence-electron chi connectivity index (χ0n) is 9.87. The topological polar surface area (TPSA) is 49.8 Å². The number of carbonyl (C=O) groups excluding carboxylic acids is 1. The summed E-state index contributed by atoms with van der Waals surface area (Å²) in [7, 11) is 0. The van der Waals surface area contributed by atoms with E-state index in [9.17, 15) is 9.90 Å². The fourth-order valence-electron chi connectivity index (χ4n) is 1.95. The van der Waals surface area contributed by atoms with Crippen molar-refractivity contribution in [3.63, 3.8) is 0 Å². The summed E-state index contributed by atoms with van der Waals surface area (Å²) in [6.45, 7) is 2.77. The first-order valence-electron chi connectivity index (χ1n) is 5.85. The first kappa shape index (κ1) is 11.9. The molecule has 1 aliphatic heterocycles. The number of carbonyl (C=O) groups is 1. The zero-order valence-corrected chi connectivity index (χ0v) is 9.87. The van der Waals surface area contributed by atoms with Gasteiger partial charge in [0.1, 0.15) is 5.75 Å². The first-order chi connectivity index (χ1) is 8.16. The van der Waals surface area contributed by atoms with Gasteiger partial charge in [-0.2, -0.15) is 0 Å². The highest BCUT2D eigenvalue weighted by atomic mass is 16.5. The van der Waals surface area contributed by atoms with Crippen molar-refractivity contribution in [2.75, 3.05) is 13.1 Å². The second kappa shape index (κ2) is 5.19. The molecule has 0 aromatic heterocycles. The molecule has 2 unspecified atom stereocenters. The van der Waals surface area contributed by atoms with Crippen LogP contribution < -0.4 is 4.74 Å². The minimum atomic E-state index is -0.511. The first-order valence-corrected chi connectivity index (χ1v) is 5.85. The van der Waals surface area contributed by atoms with E-state index in [-0.39, 0.29) is 12.0 Å². The number of benzene rings is 1. The van der Waals surface area contributed by atoms with Crippen LogP contribution >= 0.6 is 0 Å². The summed E-state index contributed by atoms with van der Waals surface area (Å²) in [6.07, 6.45) is -0.241. The SMILES string of the molecule is CC(Oc1ccccc1)C(=O)N1CCC(O)C1. The van der Waals surface area contributed by atoms with Crippen LogP contribution in [0, 0.1) is 0 Å². The van der Waals surface area contributed by atoms with Gasteiger partial charge in [-0.1, -0.05) is 18.2 Å². The van der Waals surface area contributed by atoms with Gasteiger partial charge in [-0.25, -0.2) is 0 Å². The van der Waals surface area contributed by atoms with E-state index in [1.807, 2.05) is 30.3 Å². The van der Waals surface area contributed by atoms with Crippen LogP contribution in [0.1, 0.15) is 13.3 Å². The maximum absolute atomic E-state index is 12.0. The van der Waals surface area contributed by atoms with Gasteiger partial charge in [0, 0.05) is 13.1 Å². The number of amides is 1. The molecular weight excluding hydrogens is 218 g/mol. The molecule has 92 valence electrons. The second-order valence-corrected chi connectivity index (χ2v) is 4.30. The Kier molecular flexibility index (Phi) is 3.64. The third kappa shape index (κ3) is 2.97. The van der Waals surface area contributed by atoms with E-state index < -0.39 is 6.10 Å². The van der Waals surface area contributed by atoms with Crippen molar-refractivity contribution in [2.45, 2.75) is 25.6 Å². The molecule has 0 bridgehead atoms. The van der Waals surface area contributed by atoms with Gasteiger partial charge in [0.2, 0.25) is 0 Å². The Bertz CT molecular complexity index is 380. The molecule has 1 N–H and O–H groups in total. The lowest BCUT2D eigenvalue weighted by Crippen LogP contribution is -2.39. The molecule has 2 atom stereocenters. The predicted molar refractivity (Wildman–Crippen MR) is 63.7 cm³/mol. The Hall–Kier alpha value is -1.55. The van der Waals surface area contributed by atoms with Crippen molar-refractivity contribution in [2.24, 2.45) is 0 Å². The van der Waals surface area contributed by atoms with Crippen molar-refractivity contribution in [1.82, 2.24) is 4.90 Å². The summed E-state index contributed by atoms with van der Waals surface area (Å²) in [5.41, 5.74) is 0. The molecule has 0 aliphatic carbocycles. The van der Waals surface area contributed by atoms with Crippen molar-refractivity contribution < 1.29 is 14.6 Å². The number of aliphatic hydroxyl groups is 1. The minimum absolute atomic E-state index is 0.0644. The minimum Gasteiger partial charge on any atom is -0.481 e. The van der Waals surface area contributed by atoms with E-state index in [2.05, 4.69) is 0 Å². The number of rotatable bonds is 3. The van der Waals surface area contributed by atoms with Crippen molar-refractivity contribution in [3.8, 4) is 5.75 Å². The summed E-state index contributed by atoms with van der Waals surface area (Å²) >= 11 is 0. The molecule has 1 heterocycles. The Morgan fingerprint density at radius 1 is 1.47 bits per heavy atom. The molecule has 0 saturated carbocycles. The number of likely N-dealkylation sites (tertiary alicyclic amines) is 1. The van der Waals surface area contributed by atoms with E-state index in [1.54, 1.807) is 11.8 Å². The Labute approximate surface area is 101 Å². The number of hydrogen-bond acceptors (Lipinski definition) is 3. The number of hydrogen-bond donors (Lipinski definition) is 1. The molecular formula is C13H17NO3. The highest BCUT2D eigenvalue weighted by Crippen LogP contribution is 2.15. The Balaban J connectivity index is 1.92. The summed E-state index contributed by atoms with van der Waals surface area (Å²) in [5.74, 6) is 0.624. The van der Waals surface area contributed by atoms with E-state index in [1.165, 1.54) is 0 Å². The predicted octanol–water partition coefficient (Wildman–Crippen LogP) is 1.05. The van der Waals surface area contributed by atoms with E-state index >= 15 is 0 Å². The average molecular weight is 235 g/mol. The number of β-amino-alcohol motifs (C(OH)–C–C–N with tert-alkyl or cyclic N) is 1. The molecule has 1 aromatic rings. The molecule has 4 nitrogen and oxygen atoms in total. The van der Waals surface area contributed by atoms with E-state index in [0.717, 1.165) is 0 Å². The molecule has 1 fully saturated rings. The van der Waals surface area contributed by atoms with Crippen LogP contribution in [0.15, 0.2) is 30.3 Å². The van der Waals surface area contributed by atoms with Gasteiger partial charge < -0.3 is 14.7 Å². The lowest BCUT2D eigenvalue weighted by Gasteiger charge is -2.21. The maximum Gasteiger partial charge on any atom is 0.263 e. The molecule has 1 aliphatic rings. The molecule has 1 saturated heterocycles. The maximum atomic E-state index is 12.0. The molecule has 1 amide bonds. The third-order valence-electron chi connectivity index (χ3n) is 2.88. The van der Waals surface area contributed by atoms with Gasteiger partial charge in [0.05, 0.1) is 6.10 Å². The van der Waals surface area contributed by atoms with Crippen LogP contribution in [0.25, 0.3) is 0 Å². The fourth-order valence-corrected chi connectivity index (χ4v) is 1.95. The second-order valence-electron chi connectivity index (χ2n) is 4.30. The van der Waals surface area contributed by atoms with Crippen molar-refractivity contribution >= 4 is 5.91 Å². The fraction of sp³-hybridized carbons (Fsp3) is 0.462. The van der Waals surface area contributed by atoms with Gasteiger partial charge in [-0.3, -0.25) is 4.79 Å². The van der Waals surface area contributed by atoms with Crippen LogP contribution in [0.5, 0.6) is 5.75 Å². The van der Waals surface area contributed by atoms with Crippen molar-refractivity contribution in [3.05, 3.63) is 30.3 Å². The van der Waals surface area contributed by atoms with Gasteiger partial charge in [-0.15, -0.1) is 0 Å². The monoisotopic (exact) mass is 235 g/mol.